The maximum atomic E-state index is 12.9. The second-order valence-corrected chi connectivity index (χ2v) is 6.66. The highest BCUT2D eigenvalue weighted by Gasteiger charge is 2.21. The second kappa shape index (κ2) is 5.95. The van der Waals surface area contributed by atoms with E-state index >= 15 is 0 Å². The summed E-state index contributed by atoms with van der Waals surface area (Å²) in [5.41, 5.74) is 1.71. The molecule has 0 saturated carbocycles. The molecule has 0 atom stereocenters. The van der Waals surface area contributed by atoms with Crippen molar-refractivity contribution in [1.29, 1.82) is 0 Å². The molecule has 5 heteroatoms. The number of H-pyrrole nitrogens is 1. The number of carbonyl (C=O) groups excluding carboxylic acids is 1. The largest absolute Gasteiger partial charge is 0.354 e. The fourth-order valence-corrected chi connectivity index (χ4v) is 3.59. The van der Waals surface area contributed by atoms with Crippen LogP contribution in [0.3, 0.4) is 0 Å². The van der Waals surface area contributed by atoms with Gasteiger partial charge in [-0.25, -0.2) is 0 Å². The highest BCUT2D eigenvalue weighted by molar-refractivity contribution is 6.31. The van der Waals surface area contributed by atoms with E-state index in [0.717, 1.165) is 25.9 Å². The Morgan fingerprint density at radius 2 is 1.83 bits per heavy atom. The predicted molar refractivity (Wildman–Crippen MR) is 96.8 cm³/mol. The third-order valence-electron chi connectivity index (χ3n) is 4.67. The van der Waals surface area contributed by atoms with Gasteiger partial charge in [-0.2, -0.15) is 0 Å². The number of pyridine rings is 1. The molecule has 1 N–H and O–H groups in total. The Hall–Kier alpha value is -2.33. The van der Waals surface area contributed by atoms with Gasteiger partial charge in [0.2, 0.25) is 0 Å². The van der Waals surface area contributed by atoms with E-state index in [1.807, 2.05) is 4.90 Å². The lowest BCUT2D eigenvalue weighted by Gasteiger charge is -2.27. The minimum atomic E-state index is -0.0799. The molecule has 1 aromatic heterocycles. The van der Waals surface area contributed by atoms with Crippen LogP contribution < -0.4 is 5.43 Å². The molecular formula is C19H17ClN2O2. The number of rotatable bonds is 1. The third kappa shape index (κ3) is 2.47. The van der Waals surface area contributed by atoms with Crippen LogP contribution in [0, 0.1) is 0 Å². The summed E-state index contributed by atoms with van der Waals surface area (Å²) in [6.07, 6.45) is 3.23. The van der Waals surface area contributed by atoms with Crippen molar-refractivity contribution >= 4 is 39.3 Å². The van der Waals surface area contributed by atoms with Gasteiger partial charge in [0.05, 0.1) is 16.6 Å². The van der Waals surface area contributed by atoms with E-state index in [1.165, 1.54) is 6.42 Å². The molecule has 1 aliphatic rings. The van der Waals surface area contributed by atoms with E-state index in [9.17, 15) is 9.59 Å². The number of aromatic nitrogens is 1. The number of halogens is 1. The van der Waals surface area contributed by atoms with Crippen LogP contribution in [0.1, 0.15) is 29.6 Å². The summed E-state index contributed by atoms with van der Waals surface area (Å²) in [7, 11) is 0. The number of likely N-dealkylation sites (tertiary alicyclic amines) is 1. The number of benzene rings is 2. The van der Waals surface area contributed by atoms with Crippen molar-refractivity contribution in [1.82, 2.24) is 9.88 Å². The lowest BCUT2D eigenvalue weighted by molar-refractivity contribution is 0.0726. The summed E-state index contributed by atoms with van der Waals surface area (Å²) in [5, 5.41) is 1.67. The number of para-hydroxylation sites is 1. The van der Waals surface area contributed by atoms with Crippen molar-refractivity contribution in [2.75, 3.05) is 13.1 Å². The van der Waals surface area contributed by atoms with Crippen LogP contribution in [0.2, 0.25) is 5.02 Å². The first kappa shape index (κ1) is 15.2. The van der Waals surface area contributed by atoms with E-state index < -0.39 is 0 Å². The SMILES string of the molecule is O=C(c1cccc2c(=O)c3ccc(Cl)cc3[nH]c12)N1CCCCC1. The summed E-state index contributed by atoms with van der Waals surface area (Å²) in [6, 6.07) is 10.5. The molecule has 4 nitrogen and oxygen atoms in total. The number of hydrogen-bond acceptors (Lipinski definition) is 2. The summed E-state index contributed by atoms with van der Waals surface area (Å²) in [6.45, 7) is 1.55. The Balaban J connectivity index is 1.94. The molecule has 2 aromatic carbocycles. The highest BCUT2D eigenvalue weighted by atomic mass is 35.5. The van der Waals surface area contributed by atoms with E-state index in [0.29, 0.717) is 32.4 Å². The fourth-order valence-electron chi connectivity index (χ4n) is 3.42. The Morgan fingerprint density at radius 1 is 1.04 bits per heavy atom. The van der Waals surface area contributed by atoms with Gasteiger partial charge in [-0.05, 0) is 49.6 Å². The summed E-state index contributed by atoms with van der Waals surface area (Å²) in [4.78, 5) is 30.8. The van der Waals surface area contributed by atoms with Gasteiger partial charge in [0, 0.05) is 28.9 Å². The monoisotopic (exact) mass is 340 g/mol. The Morgan fingerprint density at radius 3 is 2.62 bits per heavy atom. The van der Waals surface area contributed by atoms with E-state index in [4.69, 9.17) is 11.6 Å². The van der Waals surface area contributed by atoms with Crippen molar-refractivity contribution < 1.29 is 4.79 Å². The van der Waals surface area contributed by atoms with Crippen LogP contribution in [0.15, 0.2) is 41.2 Å². The highest BCUT2D eigenvalue weighted by Crippen LogP contribution is 2.23. The number of nitrogens with zero attached hydrogens (tertiary/aromatic N) is 1. The minimum Gasteiger partial charge on any atom is -0.354 e. The Kier molecular flexibility index (Phi) is 3.77. The van der Waals surface area contributed by atoms with Gasteiger partial charge in [-0.1, -0.05) is 17.7 Å². The van der Waals surface area contributed by atoms with E-state index in [1.54, 1.807) is 36.4 Å². The van der Waals surface area contributed by atoms with Crippen molar-refractivity contribution in [3.05, 3.63) is 57.2 Å². The summed E-state index contributed by atoms with van der Waals surface area (Å²) >= 11 is 6.05. The van der Waals surface area contributed by atoms with Crippen molar-refractivity contribution in [2.45, 2.75) is 19.3 Å². The number of carbonyl (C=O) groups is 1. The molecular weight excluding hydrogens is 324 g/mol. The molecule has 122 valence electrons. The van der Waals surface area contributed by atoms with E-state index in [2.05, 4.69) is 4.98 Å². The summed E-state index contributed by atoms with van der Waals surface area (Å²) in [5.74, 6) is -0.0164. The zero-order chi connectivity index (χ0) is 16.7. The molecule has 2 heterocycles. The predicted octanol–water partition coefficient (Wildman–Crippen LogP) is 3.96. The zero-order valence-corrected chi connectivity index (χ0v) is 13.9. The Labute approximate surface area is 144 Å². The molecule has 0 spiro atoms. The van der Waals surface area contributed by atoms with Gasteiger partial charge in [-0.15, -0.1) is 0 Å². The number of fused-ring (bicyclic) bond motifs is 2. The number of amides is 1. The van der Waals surface area contributed by atoms with Crippen molar-refractivity contribution in [3.8, 4) is 0 Å². The normalized spacial score (nSPS) is 15.1. The number of nitrogens with one attached hydrogen (secondary N) is 1. The lowest BCUT2D eigenvalue weighted by atomic mass is 10.0. The van der Waals surface area contributed by atoms with Gasteiger partial charge in [0.1, 0.15) is 0 Å². The van der Waals surface area contributed by atoms with Gasteiger partial charge < -0.3 is 9.88 Å². The molecule has 1 amide bonds. The first-order valence-corrected chi connectivity index (χ1v) is 8.56. The maximum absolute atomic E-state index is 12.9. The number of piperidine rings is 1. The minimum absolute atomic E-state index is 0.0164. The van der Waals surface area contributed by atoms with Crippen LogP contribution in [-0.2, 0) is 0 Å². The first-order valence-electron chi connectivity index (χ1n) is 8.19. The van der Waals surface area contributed by atoms with Crippen molar-refractivity contribution in [2.24, 2.45) is 0 Å². The molecule has 24 heavy (non-hydrogen) atoms. The molecule has 3 aromatic rings. The smallest absolute Gasteiger partial charge is 0.255 e. The molecule has 0 unspecified atom stereocenters. The average Bonchev–Trinajstić information content (AvgIpc) is 2.61. The molecule has 0 aliphatic carbocycles. The number of aromatic amines is 1. The third-order valence-corrected chi connectivity index (χ3v) is 4.90. The van der Waals surface area contributed by atoms with Crippen LogP contribution in [0.5, 0.6) is 0 Å². The molecule has 1 aliphatic heterocycles. The quantitative estimate of drug-likeness (QED) is 0.682. The van der Waals surface area contributed by atoms with Gasteiger partial charge in [0.25, 0.3) is 5.91 Å². The van der Waals surface area contributed by atoms with Gasteiger partial charge in [0.15, 0.2) is 5.43 Å². The second-order valence-electron chi connectivity index (χ2n) is 6.23. The van der Waals surface area contributed by atoms with Crippen LogP contribution in [0.25, 0.3) is 21.8 Å². The topological polar surface area (TPSA) is 53.2 Å². The average molecular weight is 341 g/mol. The fraction of sp³-hybridized carbons (Fsp3) is 0.263. The summed E-state index contributed by atoms with van der Waals surface area (Å²) < 4.78 is 0. The van der Waals surface area contributed by atoms with Gasteiger partial charge >= 0.3 is 0 Å². The van der Waals surface area contributed by atoms with Crippen LogP contribution in [-0.4, -0.2) is 28.9 Å². The zero-order valence-electron chi connectivity index (χ0n) is 13.1. The standard InChI is InChI=1S/C19H17ClN2O2/c20-12-7-8-13-16(11-12)21-17-14(18(13)23)5-4-6-15(17)19(24)22-9-2-1-3-10-22/h4-8,11H,1-3,9-10H2,(H,21,23). The van der Waals surface area contributed by atoms with Crippen LogP contribution >= 0.6 is 11.6 Å². The molecule has 0 radical (unpaired) electrons. The molecule has 1 saturated heterocycles. The van der Waals surface area contributed by atoms with Crippen LogP contribution in [0.4, 0.5) is 0 Å². The first-order chi connectivity index (χ1) is 11.6. The Bertz CT molecular complexity index is 1000. The lowest BCUT2D eigenvalue weighted by Crippen LogP contribution is -2.35. The maximum Gasteiger partial charge on any atom is 0.255 e. The number of hydrogen-bond donors (Lipinski definition) is 1. The molecule has 4 rings (SSSR count). The molecule has 0 bridgehead atoms. The van der Waals surface area contributed by atoms with Gasteiger partial charge in [-0.3, -0.25) is 9.59 Å². The van der Waals surface area contributed by atoms with Crippen molar-refractivity contribution in [3.63, 3.8) is 0 Å². The molecule has 1 fully saturated rings. The van der Waals surface area contributed by atoms with E-state index in [-0.39, 0.29) is 11.3 Å².